The fourth-order valence-electron chi connectivity index (χ4n) is 3.07. The van der Waals surface area contributed by atoms with E-state index in [0.717, 1.165) is 35.0 Å². The number of carbonyl (C=O) groups is 2. The maximum absolute atomic E-state index is 12.6. The van der Waals surface area contributed by atoms with Crippen LogP contribution in [0.4, 0.5) is 24.0 Å². The van der Waals surface area contributed by atoms with Crippen molar-refractivity contribution in [3.05, 3.63) is 81.9 Å². The van der Waals surface area contributed by atoms with Crippen molar-refractivity contribution in [3.63, 3.8) is 0 Å². The lowest BCUT2D eigenvalue weighted by Gasteiger charge is -2.20. The number of amides is 1. The first-order valence-corrected chi connectivity index (χ1v) is 10.8. The molecule has 0 aliphatic rings. The second-order valence-corrected chi connectivity index (χ2v) is 8.16. The summed E-state index contributed by atoms with van der Waals surface area (Å²) in [5, 5.41) is 2.16. The van der Waals surface area contributed by atoms with Crippen LogP contribution in [-0.2, 0) is 27.1 Å². The van der Waals surface area contributed by atoms with Gasteiger partial charge in [-0.1, -0.05) is 29.8 Å². The summed E-state index contributed by atoms with van der Waals surface area (Å²) in [6.45, 7) is 5.23. The molecule has 0 spiro atoms. The Morgan fingerprint density at radius 2 is 1.82 bits per heavy atom. The van der Waals surface area contributed by atoms with Gasteiger partial charge >= 0.3 is 12.1 Å². The normalized spacial score (nSPS) is 11.6. The monoisotopic (exact) mass is 474 g/mol. The van der Waals surface area contributed by atoms with Crippen molar-refractivity contribution < 1.29 is 27.5 Å². The number of aromatic nitrogens is 1. The summed E-state index contributed by atoms with van der Waals surface area (Å²) in [5.74, 6) is -0.860. The number of hydrogen-bond acceptors (Lipinski definition) is 5. The van der Waals surface area contributed by atoms with E-state index in [-0.39, 0.29) is 12.5 Å². The molecule has 0 atom stereocenters. The van der Waals surface area contributed by atoms with E-state index in [2.05, 4.69) is 4.98 Å². The van der Waals surface area contributed by atoms with E-state index < -0.39 is 17.7 Å². The summed E-state index contributed by atoms with van der Waals surface area (Å²) in [6, 6.07) is 10.2. The third kappa shape index (κ3) is 6.29. The van der Waals surface area contributed by atoms with Crippen LogP contribution in [0.15, 0.2) is 53.9 Å². The van der Waals surface area contributed by atoms with Gasteiger partial charge in [0.1, 0.15) is 6.61 Å². The number of nitrogens with zero attached hydrogens (tertiary/aromatic N) is 2. The number of rotatable bonds is 6. The highest BCUT2D eigenvalue weighted by Gasteiger charge is 2.29. The van der Waals surface area contributed by atoms with Crippen LogP contribution in [0.1, 0.15) is 34.9 Å². The van der Waals surface area contributed by atoms with Crippen LogP contribution in [0, 0.1) is 13.8 Å². The number of benzene rings is 2. The van der Waals surface area contributed by atoms with E-state index >= 15 is 0 Å². The van der Waals surface area contributed by atoms with E-state index in [1.807, 2.05) is 32.0 Å². The van der Waals surface area contributed by atoms with Gasteiger partial charge in [-0.15, -0.1) is 11.3 Å². The van der Waals surface area contributed by atoms with Crippen molar-refractivity contribution in [2.45, 2.75) is 33.6 Å². The molecule has 0 fully saturated rings. The number of halogens is 3. The quantitative estimate of drug-likeness (QED) is 0.314. The van der Waals surface area contributed by atoms with Gasteiger partial charge in [-0.05, 0) is 49.2 Å². The lowest BCUT2D eigenvalue weighted by Crippen LogP contribution is -2.23. The maximum Gasteiger partial charge on any atom is 0.416 e. The van der Waals surface area contributed by atoms with Crippen LogP contribution in [0.5, 0.6) is 0 Å². The Kier molecular flexibility index (Phi) is 7.33. The average Bonchev–Trinajstić information content (AvgIpc) is 3.20. The van der Waals surface area contributed by atoms with Gasteiger partial charge in [0, 0.05) is 18.4 Å². The number of anilines is 2. The van der Waals surface area contributed by atoms with Crippen LogP contribution in [0.2, 0.25) is 0 Å². The first-order valence-electron chi connectivity index (χ1n) is 9.89. The van der Waals surface area contributed by atoms with Gasteiger partial charge in [-0.2, -0.15) is 13.2 Å². The number of ether oxygens (including phenoxy) is 1. The van der Waals surface area contributed by atoms with Crippen molar-refractivity contribution in [1.82, 2.24) is 4.98 Å². The molecule has 0 radical (unpaired) electrons. The molecule has 1 heterocycles. The second-order valence-electron chi connectivity index (χ2n) is 7.33. The minimum absolute atomic E-state index is 0.106. The third-order valence-corrected chi connectivity index (χ3v) is 5.53. The molecule has 33 heavy (non-hydrogen) atoms. The highest BCUT2D eigenvalue weighted by atomic mass is 32.1. The van der Waals surface area contributed by atoms with E-state index in [1.54, 1.807) is 5.38 Å². The Bertz CT molecular complexity index is 1180. The van der Waals surface area contributed by atoms with Crippen LogP contribution in [0.25, 0.3) is 6.08 Å². The summed E-state index contributed by atoms with van der Waals surface area (Å²) < 4.78 is 43.0. The lowest BCUT2D eigenvalue weighted by atomic mass is 10.1. The molecule has 1 aromatic heterocycles. The molecule has 0 aliphatic carbocycles. The number of thiazole rings is 1. The van der Waals surface area contributed by atoms with Crippen molar-refractivity contribution >= 4 is 40.1 Å². The largest absolute Gasteiger partial charge is 0.456 e. The van der Waals surface area contributed by atoms with Crippen molar-refractivity contribution in [2.24, 2.45) is 0 Å². The SMILES string of the molecule is CC(=O)N(c1nc(COC(=O)/C=C/c2ccc(C(F)(F)F)cc2)cs1)c1ccc(C)cc1C. The lowest BCUT2D eigenvalue weighted by molar-refractivity contribution is -0.139. The van der Waals surface area contributed by atoms with Gasteiger partial charge in [-0.25, -0.2) is 9.78 Å². The predicted octanol–water partition coefficient (Wildman–Crippen LogP) is 6.22. The van der Waals surface area contributed by atoms with Gasteiger partial charge in [0.05, 0.1) is 16.9 Å². The van der Waals surface area contributed by atoms with E-state index in [1.165, 1.54) is 41.4 Å². The predicted molar refractivity (Wildman–Crippen MR) is 121 cm³/mol. The van der Waals surface area contributed by atoms with E-state index in [9.17, 15) is 22.8 Å². The first kappa shape index (κ1) is 24.2. The fraction of sp³-hybridized carbons (Fsp3) is 0.208. The molecular formula is C24H21F3N2O3S. The number of carbonyl (C=O) groups excluding carboxylic acids is 2. The zero-order valence-electron chi connectivity index (χ0n) is 18.1. The Hall–Kier alpha value is -3.46. The molecule has 5 nitrogen and oxygen atoms in total. The van der Waals surface area contributed by atoms with Gasteiger partial charge in [0.15, 0.2) is 5.13 Å². The maximum atomic E-state index is 12.6. The molecule has 0 saturated heterocycles. The van der Waals surface area contributed by atoms with Crippen molar-refractivity contribution in [3.8, 4) is 0 Å². The van der Waals surface area contributed by atoms with E-state index in [4.69, 9.17) is 4.74 Å². The Morgan fingerprint density at radius 1 is 1.12 bits per heavy atom. The van der Waals surface area contributed by atoms with Gasteiger partial charge in [-0.3, -0.25) is 9.69 Å². The Labute approximate surface area is 193 Å². The number of esters is 1. The summed E-state index contributed by atoms with van der Waals surface area (Å²) in [7, 11) is 0. The topological polar surface area (TPSA) is 59.5 Å². The summed E-state index contributed by atoms with van der Waals surface area (Å²) in [4.78, 5) is 30.2. The Morgan fingerprint density at radius 3 is 2.42 bits per heavy atom. The van der Waals surface area contributed by atoms with Crippen molar-refractivity contribution in [1.29, 1.82) is 0 Å². The molecule has 0 N–H and O–H groups in total. The molecule has 3 rings (SSSR count). The fourth-order valence-corrected chi connectivity index (χ4v) is 3.93. The molecule has 172 valence electrons. The van der Waals surface area contributed by atoms with Crippen LogP contribution < -0.4 is 4.90 Å². The number of aryl methyl sites for hydroxylation is 2. The summed E-state index contributed by atoms with van der Waals surface area (Å²) >= 11 is 1.25. The smallest absolute Gasteiger partial charge is 0.416 e. The molecule has 2 aromatic carbocycles. The Balaban J connectivity index is 1.63. The molecule has 0 saturated carbocycles. The zero-order chi connectivity index (χ0) is 24.2. The van der Waals surface area contributed by atoms with Crippen LogP contribution >= 0.6 is 11.3 Å². The first-order chi connectivity index (χ1) is 15.5. The molecule has 9 heteroatoms. The number of hydrogen-bond donors (Lipinski definition) is 0. The van der Waals surface area contributed by atoms with Gasteiger partial charge in [0.25, 0.3) is 0 Å². The highest BCUT2D eigenvalue weighted by molar-refractivity contribution is 7.14. The molecule has 1 amide bonds. The third-order valence-electron chi connectivity index (χ3n) is 4.65. The summed E-state index contributed by atoms with van der Waals surface area (Å²) in [6.07, 6.45) is -1.91. The van der Waals surface area contributed by atoms with E-state index in [0.29, 0.717) is 16.4 Å². The highest BCUT2D eigenvalue weighted by Crippen LogP contribution is 2.32. The molecule has 0 bridgehead atoms. The standard InChI is InChI=1S/C24H21F3N2O3S/c1-15-4-10-21(16(2)12-15)29(17(3)30)23-28-20(14-33-23)13-32-22(31)11-7-18-5-8-19(9-6-18)24(25,26)27/h4-12,14H,13H2,1-3H3/b11-7+. The summed E-state index contributed by atoms with van der Waals surface area (Å²) in [5.41, 5.74) is 2.88. The molecule has 3 aromatic rings. The molecule has 0 aliphatic heterocycles. The van der Waals surface area contributed by atoms with Crippen LogP contribution in [-0.4, -0.2) is 16.9 Å². The average molecular weight is 475 g/mol. The van der Waals surface area contributed by atoms with Crippen LogP contribution in [0.3, 0.4) is 0 Å². The number of alkyl halides is 3. The molecule has 0 unspecified atom stereocenters. The van der Waals surface area contributed by atoms with Crippen molar-refractivity contribution in [2.75, 3.05) is 4.90 Å². The van der Waals surface area contributed by atoms with Gasteiger partial charge < -0.3 is 4.74 Å². The zero-order valence-corrected chi connectivity index (χ0v) is 19.0. The van der Waals surface area contributed by atoms with Gasteiger partial charge in [0.2, 0.25) is 5.91 Å². The minimum Gasteiger partial charge on any atom is -0.456 e. The molecular weight excluding hydrogens is 453 g/mol. The second kappa shape index (κ2) is 9.99. The minimum atomic E-state index is -4.41.